The van der Waals surface area contributed by atoms with Gasteiger partial charge in [-0.05, 0) is 68.7 Å². The van der Waals surface area contributed by atoms with Crippen LogP contribution in [0.4, 0.5) is 5.69 Å². The van der Waals surface area contributed by atoms with Gasteiger partial charge in [-0.15, -0.1) is 0 Å². The third-order valence-electron chi connectivity index (χ3n) is 6.49. The van der Waals surface area contributed by atoms with Gasteiger partial charge in [-0.1, -0.05) is 44.4 Å². The molecule has 1 aliphatic heterocycles. The number of amides is 1. The standard InChI is InChI=1S/C25H32N2O2/c1-3-4-15-26-22-13-8-6-5-7-11-20(22)17-21(24(26)28)25(29)27-18(2)16-19-12-9-10-14-23(19)27/h9-10,12,14,17-18H,3-8,11,13,15-16H2,1-2H3. The third kappa shape index (κ3) is 3.77. The normalized spacial score (nSPS) is 18.7. The predicted molar refractivity (Wildman–Crippen MR) is 118 cm³/mol. The highest BCUT2D eigenvalue weighted by Gasteiger charge is 2.33. The zero-order valence-corrected chi connectivity index (χ0v) is 17.7. The van der Waals surface area contributed by atoms with E-state index in [2.05, 4.69) is 19.9 Å². The summed E-state index contributed by atoms with van der Waals surface area (Å²) in [7, 11) is 0. The average molecular weight is 393 g/mol. The quantitative estimate of drug-likeness (QED) is 0.743. The molecule has 0 bridgehead atoms. The van der Waals surface area contributed by atoms with Crippen molar-refractivity contribution in [1.29, 1.82) is 0 Å². The highest BCUT2D eigenvalue weighted by molar-refractivity contribution is 6.07. The maximum atomic E-state index is 13.6. The predicted octanol–water partition coefficient (Wildman–Crippen LogP) is 4.90. The maximum Gasteiger partial charge on any atom is 0.264 e. The molecule has 1 unspecified atom stereocenters. The molecule has 4 nitrogen and oxygen atoms in total. The molecule has 0 saturated heterocycles. The first-order chi connectivity index (χ1) is 14.1. The van der Waals surface area contributed by atoms with Gasteiger partial charge in [0.15, 0.2) is 0 Å². The number of unbranched alkanes of at least 4 members (excludes halogenated alkanes) is 1. The third-order valence-corrected chi connectivity index (χ3v) is 6.49. The van der Waals surface area contributed by atoms with Crippen molar-refractivity contribution in [2.45, 2.75) is 84.2 Å². The number of pyridine rings is 1. The Balaban J connectivity index is 1.80. The highest BCUT2D eigenvalue weighted by Crippen LogP contribution is 2.33. The lowest BCUT2D eigenvalue weighted by Crippen LogP contribution is -2.41. The van der Waals surface area contributed by atoms with E-state index in [1.54, 1.807) is 0 Å². The van der Waals surface area contributed by atoms with Gasteiger partial charge in [0.2, 0.25) is 0 Å². The van der Waals surface area contributed by atoms with Crippen LogP contribution >= 0.6 is 0 Å². The fourth-order valence-electron chi connectivity index (χ4n) is 4.94. The maximum absolute atomic E-state index is 13.6. The summed E-state index contributed by atoms with van der Waals surface area (Å²) in [5.41, 5.74) is 4.78. The summed E-state index contributed by atoms with van der Waals surface area (Å²) in [5, 5.41) is 0. The first-order valence-corrected chi connectivity index (χ1v) is 11.3. The van der Waals surface area contributed by atoms with Crippen LogP contribution in [0, 0.1) is 0 Å². The summed E-state index contributed by atoms with van der Waals surface area (Å²) in [6, 6.07) is 10.1. The number of carbonyl (C=O) groups excluding carboxylic acids is 1. The molecule has 1 aromatic carbocycles. The number of benzene rings is 1. The number of aryl methyl sites for hydroxylation is 1. The van der Waals surface area contributed by atoms with Crippen LogP contribution in [0.1, 0.15) is 79.6 Å². The Morgan fingerprint density at radius 2 is 1.83 bits per heavy atom. The van der Waals surface area contributed by atoms with E-state index in [9.17, 15) is 9.59 Å². The van der Waals surface area contributed by atoms with Gasteiger partial charge in [0.25, 0.3) is 11.5 Å². The van der Waals surface area contributed by atoms with Gasteiger partial charge >= 0.3 is 0 Å². The Kier molecular flexibility index (Phi) is 5.89. The molecule has 29 heavy (non-hydrogen) atoms. The Morgan fingerprint density at radius 3 is 2.62 bits per heavy atom. The van der Waals surface area contributed by atoms with Gasteiger partial charge in [0.05, 0.1) is 0 Å². The average Bonchev–Trinajstić information content (AvgIpc) is 3.03. The topological polar surface area (TPSA) is 42.3 Å². The lowest BCUT2D eigenvalue weighted by molar-refractivity contribution is 0.0979. The van der Waals surface area contributed by atoms with Crippen LogP contribution in [0.15, 0.2) is 35.1 Å². The minimum absolute atomic E-state index is 0.0744. The van der Waals surface area contributed by atoms with E-state index in [0.717, 1.165) is 50.6 Å². The summed E-state index contributed by atoms with van der Waals surface area (Å²) in [6.45, 7) is 4.93. The van der Waals surface area contributed by atoms with Crippen molar-refractivity contribution in [3.8, 4) is 0 Å². The molecule has 0 N–H and O–H groups in total. The molecule has 1 aromatic heterocycles. The van der Waals surface area contributed by atoms with Crippen molar-refractivity contribution in [3.63, 3.8) is 0 Å². The Morgan fingerprint density at radius 1 is 1.07 bits per heavy atom. The minimum atomic E-state index is -0.137. The molecule has 1 amide bonds. The van der Waals surface area contributed by atoms with E-state index in [1.807, 2.05) is 33.7 Å². The van der Waals surface area contributed by atoms with E-state index < -0.39 is 0 Å². The molecular weight excluding hydrogens is 360 g/mol. The van der Waals surface area contributed by atoms with Gasteiger partial charge in [0, 0.05) is 24.0 Å². The van der Waals surface area contributed by atoms with Crippen LogP contribution in [-0.2, 0) is 25.8 Å². The molecule has 0 saturated carbocycles. The number of rotatable bonds is 4. The molecule has 0 spiro atoms. The van der Waals surface area contributed by atoms with Crippen LogP contribution in [0.25, 0.3) is 0 Å². The van der Waals surface area contributed by atoms with Crippen LogP contribution in [0.3, 0.4) is 0 Å². The number of anilines is 1. The summed E-state index contributed by atoms with van der Waals surface area (Å²) in [6.07, 6.45) is 9.48. The SMILES string of the molecule is CCCCn1c2c(cc(C(=O)N3c4ccccc4CC3C)c1=O)CCCCCC2. The van der Waals surface area contributed by atoms with Crippen LogP contribution in [0.5, 0.6) is 0 Å². The van der Waals surface area contributed by atoms with E-state index in [1.165, 1.54) is 29.7 Å². The zero-order chi connectivity index (χ0) is 20.4. The van der Waals surface area contributed by atoms with E-state index >= 15 is 0 Å². The van der Waals surface area contributed by atoms with Crippen molar-refractivity contribution < 1.29 is 4.79 Å². The lowest BCUT2D eigenvalue weighted by atomic mass is 9.95. The van der Waals surface area contributed by atoms with Gasteiger partial charge in [-0.2, -0.15) is 0 Å². The van der Waals surface area contributed by atoms with Crippen LogP contribution < -0.4 is 10.5 Å². The summed E-state index contributed by atoms with van der Waals surface area (Å²) < 4.78 is 1.93. The van der Waals surface area contributed by atoms with E-state index in [0.29, 0.717) is 12.1 Å². The van der Waals surface area contributed by atoms with Crippen molar-refractivity contribution in [2.24, 2.45) is 0 Å². The van der Waals surface area contributed by atoms with Crippen LogP contribution in [-0.4, -0.2) is 16.5 Å². The molecule has 154 valence electrons. The number of carbonyl (C=O) groups is 1. The van der Waals surface area contributed by atoms with Crippen molar-refractivity contribution >= 4 is 11.6 Å². The van der Waals surface area contributed by atoms with Crippen molar-refractivity contribution in [3.05, 3.63) is 63.1 Å². The largest absolute Gasteiger partial charge is 0.312 e. The fraction of sp³-hybridized carbons (Fsp3) is 0.520. The lowest BCUT2D eigenvalue weighted by Gasteiger charge is -2.25. The molecule has 2 aliphatic rings. The molecular formula is C25H32N2O2. The number of hydrogen-bond acceptors (Lipinski definition) is 2. The first kappa shape index (κ1) is 19.9. The monoisotopic (exact) mass is 392 g/mol. The second kappa shape index (κ2) is 8.56. The number of aromatic nitrogens is 1. The van der Waals surface area contributed by atoms with Gasteiger partial charge < -0.3 is 9.47 Å². The number of hydrogen-bond donors (Lipinski definition) is 0. The molecule has 4 heteroatoms. The molecule has 2 heterocycles. The molecule has 0 radical (unpaired) electrons. The number of nitrogens with zero attached hydrogens (tertiary/aromatic N) is 2. The van der Waals surface area contributed by atoms with Gasteiger partial charge in [-0.3, -0.25) is 9.59 Å². The summed E-state index contributed by atoms with van der Waals surface area (Å²) >= 11 is 0. The Bertz CT molecular complexity index is 960. The number of para-hydroxylation sites is 1. The molecule has 1 aliphatic carbocycles. The Labute approximate surface area is 173 Å². The smallest absolute Gasteiger partial charge is 0.264 e. The number of fused-ring (bicyclic) bond motifs is 2. The summed E-state index contributed by atoms with van der Waals surface area (Å²) in [4.78, 5) is 28.9. The van der Waals surface area contributed by atoms with E-state index in [4.69, 9.17) is 0 Å². The summed E-state index contributed by atoms with van der Waals surface area (Å²) in [5.74, 6) is -0.137. The molecule has 1 atom stereocenters. The van der Waals surface area contributed by atoms with Gasteiger partial charge in [-0.25, -0.2) is 0 Å². The minimum Gasteiger partial charge on any atom is -0.312 e. The van der Waals surface area contributed by atoms with E-state index in [-0.39, 0.29) is 17.5 Å². The second-order valence-corrected chi connectivity index (χ2v) is 8.61. The van der Waals surface area contributed by atoms with Crippen molar-refractivity contribution in [1.82, 2.24) is 4.57 Å². The van der Waals surface area contributed by atoms with Crippen molar-refractivity contribution in [2.75, 3.05) is 4.90 Å². The molecule has 0 fully saturated rings. The zero-order valence-electron chi connectivity index (χ0n) is 17.7. The van der Waals surface area contributed by atoms with Gasteiger partial charge in [0.1, 0.15) is 5.56 Å². The Hall–Kier alpha value is -2.36. The molecule has 4 rings (SSSR count). The molecule has 2 aromatic rings. The fourth-order valence-corrected chi connectivity index (χ4v) is 4.94. The first-order valence-electron chi connectivity index (χ1n) is 11.3. The second-order valence-electron chi connectivity index (χ2n) is 8.61. The van der Waals surface area contributed by atoms with Crippen LogP contribution in [0.2, 0.25) is 0 Å². The highest BCUT2D eigenvalue weighted by atomic mass is 16.2.